The summed E-state index contributed by atoms with van der Waals surface area (Å²) in [5.74, 6) is -4.71. The van der Waals surface area contributed by atoms with Crippen LogP contribution in [0.1, 0.15) is 0 Å². The Morgan fingerprint density at radius 2 is 1.50 bits per heavy atom. The van der Waals surface area contributed by atoms with Crippen molar-refractivity contribution in [3.8, 4) is 11.1 Å². The van der Waals surface area contributed by atoms with Crippen molar-refractivity contribution in [3.05, 3.63) is 53.6 Å². The van der Waals surface area contributed by atoms with Gasteiger partial charge in [0.1, 0.15) is 5.82 Å². The van der Waals surface area contributed by atoms with Gasteiger partial charge in [0.25, 0.3) is 0 Å². The van der Waals surface area contributed by atoms with E-state index in [1.807, 2.05) is 0 Å². The Morgan fingerprint density at radius 1 is 0.889 bits per heavy atom. The minimum atomic E-state index is -1.54. The normalized spacial score (nSPS) is 10.5. The summed E-state index contributed by atoms with van der Waals surface area (Å²) < 4.78 is 52.3. The Labute approximate surface area is 101 Å². The third-order valence-corrected chi connectivity index (χ3v) is 2.55. The van der Waals surface area contributed by atoms with Crippen LogP contribution in [0.25, 0.3) is 11.1 Å². The summed E-state index contributed by atoms with van der Waals surface area (Å²) in [6, 6.07) is 5.43. The molecule has 0 spiro atoms. The average Bonchev–Trinajstić information content (AvgIpc) is 2.35. The lowest BCUT2D eigenvalue weighted by molar-refractivity contribution is 0.447. The van der Waals surface area contributed by atoms with E-state index in [0.717, 1.165) is 18.2 Å². The first kappa shape index (κ1) is 12.4. The molecule has 2 aromatic carbocycles. The topological polar surface area (TPSA) is 12.0 Å². The Kier molecular flexibility index (Phi) is 3.23. The van der Waals surface area contributed by atoms with Crippen LogP contribution in [0.15, 0.2) is 30.3 Å². The largest absolute Gasteiger partial charge is 0.388 e. The molecule has 1 nitrogen and oxygen atoms in total. The van der Waals surface area contributed by atoms with E-state index in [4.69, 9.17) is 0 Å². The van der Waals surface area contributed by atoms with E-state index in [1.165, 1.54) is 12.1 Å². The first-order valence-electron chi connectivity index (χ1n) is 5.15. The summed E-state index contributed by atoms with van der Waals surface area (Å²) in [5, 5.41) is 2.77. The zero-order valence-corrected chi connectivity index (χ0v) is 9.40. The molecule has 5 heteroatoms. The number of hydrogen-bond acceptors (Lipinski definition) is 1. The molecule has 0 aliphatic carbocycles. The molecule has 0 unspecified atom stereocenters. The van der Waals surface area contributed by atoms with E-state index in [0.29, 0.717) is 5.69 Å². The van der Waals surface area contributed by atoms with Crippen LogP contribution in [0.3, 0.4) is 0 Å². The molecule has 0 saturated heterocycles. The van der Waals surface area contributed by atoms with Crippen molar-refractivity contribution in [2.24, 2.45) is 0 Å². The van der Waals surface area contributed by atoms with Gasteiger partial charge in [-0.3, -0.25) is 0 Å². The molecule has 0 radical (unpaired) electrons. The lowest BCUT2D eigenvalue weighted by Crippen LogP contribution is -1.96. The van der Waals surface area contributed by atoms with Gasteiger partial charge in [0.05, 0.1) is 0 Å². The SMILES string of the molecule is CNc1ccc(F)cc1-c1cc(F)c(F)c(F)c1. The summed E-state index contributed by atoms with van der Waals surface area (Å²) in [6.07, 6.45) is 0. The maximum Gasteiger partial charge on any atom is 0.194 e. The third kappa shape index (κ3) is 2.16. The van der Waals surface area contributed by atoms with Gasteiger partial charge in [-0.15, -0.1) is 0 Å². The van der Waals surface area contributed by atoms with E-state index in [2.05, 4.69) is 5.32 Å². The maximum absolute atomic E-state index is 13.2. The summed E-state index contributed by atoms with van der Waals surface area (Å²) in [4.78, 5) is 0. The predicted molar refractivity (Wildman–Crippen MR) is 61.3 cm³/mol. The van der Waals surface area contributed by atoms with Gasteiger partial charge in [0.15, 0.2) is 17.5 Å². The van der Waals surface area contributed by atoms with Crippen LogP contribution >= 0.6 is 0 Å². The van der Waals surface area contributed by atoms with Gasteiger partial charge in [0.2, 0.25) is 0 Å². The van der Waals surface area contributed by atoms with Crippen LogP contribution in [0, 0.1) is 23.3 Å². The second kappa shape index (κ2) is 4.68. The molecule has 0 bridgehead atoms. The van der Waals surface area contributed by atoms with Crippen molar-refractivity contribution < 1.29 is 17.6 Å². The van der Waals surface area contributed by atoms with Gasteiger partial charge >= 0.3 is 0 Å². The van der Waals surface area contributed by atoms with E-state index in [9.17, 15) is 17.6 Å². The van der Waals surface area contributed by atoms with Gasteiger partial charge in [-0.05, 0) is 35.9 Å². The van der Waals surface area contributed by atoms with E-state index >= 15 is 0 Å². The van der Waals surface area contributed by atoms with Crippen molar-refractivity contribution in [2.75, 3.05) is 12.4 Å². The fourth-order valence-electron chi connectivity index (χ4n) is 1.68. The highest BCUT2D eigenvalue weighted by Gasteiger charge is 2.14. The number of anilines is 1. The van der Waals surface area contributed by atoms with Gasteiger partial charge in [-0.1, -0.05) is 0 Å². The average molecular weight is 255 g/mol. The van der Waals surface area contributed by atoms with Crippen molar-refractivity contribution in [3.63, 3.8) is 0 Å². The Balaban J connectivity index is 2.65. The molecule has 2 aromatic rings. The smallest absolute Gasteiger partial charge is 0.194 e. The summed E-state index contributed by atoms with van der Waals surface area (Å²) >= 11 is 0. The van der Waals surface area contributed by atoms with Crippen LogP contribution < -0.4 is 5.32 Å². The molecule has 0 fully saturated rings. The Bertz CT molecular complexity index is 573. The first-order chi connectivity index (χ1) is 8.52. The van der Waals surface area contributed by atoms with E-state index in [1.54, 1.807) is 7.05 Å². The quantitative estimate of drug-likeness (QED) is 0.632. The zero-order chi connectivity index (χ0) is 13.3. The number of nitrogens with one attached hydrogen (secondary N) is 1. The Hall–Kier alpha value is -2.04. The molecule has 0 heterocycles. The van der Waals surface area contributed by atoms with Crippen molar-refractivity contribution in [2.45, 2.75) is 0 Å². The molecular weight excluding hydrogens is 246 g/mol. The highest BCUT2D eigenvalue weighted by Crippen LogP contribution is 2.30. The first-order valence-corrected chi connectivity index (χ1v) is 5.15. The molecule has 2 rings (SSSR count). The molecule has 1 N–H and O–H groups in total. The molecular formula is C13H9F4N. The van der Waals surface area contributed by atoms with Crippen LogP contribution in [0.4, 0.5) is 23.2 Å². The predicted octanol–water partition coefficient (Wildman–Crippen LogP) is 3.95. The lowest BCUT2D eigenvalue weighted by atomic mass is 10.0. The summed E-state index contributed by atoms with van der Waals surface area (Å²) in [7, 11) is 1.59. The standard InChI is InChI=1S/C13H9F4N/c1-18-12-3-2-8(14)6-9(12)7-4-10(15)13(17)11(16)5-7/h2-6,18H,1H3. The molecule has 0 aliphatic heterocycles. The monoisotopic (exact) mass is 255 g/mol. The Morgan fingerprint density at radius 3 is 2.06 bits per heavy atom. The fourth-order valence-corrected chi connectivity index (χ4v) is 1.68. The van der Waals surface area contributed by atoms with Crippen molar-refractivity contribution in [1.29, 1.82) is 0 Å². The van der Waals surface area contributed by atoms with Crippen molar-refractivity contribution in [1.82, 2.24) is 0 Å². The number of halogens is 4. The molecule has 0 saturated carbocycles. The highest BCUT2D eigenvalue weighted by atomic mass is 19.2. The van der Waals surface area contributed by atoms with Gasteiger partial charge in [0, 0.05) is 18.3 Å². The number of rotatable bonds is 2. The molecule has 94 valence electrons. The third-order valence-electron chi connectivity index (χ3n) is 2.55. The van der Waals surface area contributed by atoms with Gasteiger partial charge in [-0.25, -0.2) is 17.6 Å². The minimum Gasteiger partial charge on any atom is -0.388 e. The molecule has 0 aromatic heterocycles. The van der Waals surface area contributed by atoms with Gasteiger partial charge in [-0.2, -0.15) is 0 Å². The van der Waals surface area contributed by atoms with E-state index in [-0.39, 0.29) is 11.1 Å². The minimum absolute atomic E-state index is 0.0650. The fraction of sp³-hybridized carbons (Fsp3) is 0.0769. The zero-order valence-electron chi connectivity index (χ0n) is 9.40. The van der Waals surface area contributed by atoms with Crippen LogP contribution in [0.5, 0.6) is 0 Å². The maximum atomic E-state index is 13.2. The van der Waals surface area contributed by atoms with Crippen LogP contribution in [0.2, 0.25) is 0 Å². The van der Waals surface area contributed by atoms with Gasteiger partial charge < -0.3 is 5.32 Å². The molecule has 0 amide bonds. The second-order valence-electron chi connectivity index (χ2n) is 3.69. The van der Waals surface area contributed by atoms with Crippen LogP contribution in [-0.4, -0.2) is 7.05 Å². The van der Waals surface area contributed by atoms with E-state index < -0.39 is 23.3 Å². The second-order valence-corrected chi connectivity index (χ2v) is 3.69. The van der Waals surface area contributed by atoms with Crippen LogP contribution in [-0.2, 0) is 0 Å². The molecule has 18 heavy (non-hydrogen) atoms. The molecule has 0 aliphatic rings. The highest BCUT2D eigenvalue weighted by molar-refractivity contribution is 5.77. The summed E-state index contributed by atoms with van der Waals surface area (Å²) in [6.45, 7) is 0. The molecule has 0 atom stereocenters. The van der Waals surface area contributed by atoms with Crippen molar-refractivity contribution >= 4 is 5.69 Å². The lowest BCUT2D eigenvalue weighted by Gasteiger charge is -2.10. The summed E-state index contributed by atoms with van der Waals surface area (Å²) in [5.41, 5.74) is 0.812. The number of hydrogen-bond donors (Lipinski definition) is 1. The number of benzene rings is 2.